The number of aryl methyl sites for hydroxylation is 1. The summed E-state index contributed by atoms with van der Waals surface area (Å²) in [6, 6.07) is 23.5. The van der Waals surface area contributed by atoms with Gasteiger partial charge in [0.05, 0.1) is 5.52 Å². The highest BCUT2D eigenvalue weighted by Crippen LogP contribution is 2.29. The largest absolute Gasteiger partial charge is 0.476 e. The van der Waals surface area contributed by atoms with Crippen LogP contribution < -0.4 is 15.5 Å². The molecule has 1 aliphatic heterocycles. The molecule has 1 fully saturated rings. The first kappa shape index (κ1) is 21.2. The van der Waals surface area contributed by atoms with Gasteiger partial charge in [0.2, 0.25) is 5.88 Å². The molecule has 5 rings (SSSR count). The minimum absolute atomic E-state index is 0.112. The standard InChI is InChI=1S/C27H28N4O2/c1-20-18-23-26(27(28-20)33-17-16-30-14-8-9-15-30)24(32)19-25(29-21-10-4-2-5-11-21)31(23)22-12-6-3-7-13-22/h2-7,10-13,18-19,29H,8-9,14-17H2,1H3. The molecule has 33 heavy (non-hydrogen) atoms. The second-order valence-electron chi connectivity index (χ2n) is 8.42. The summed E-state index contributed by atoms with van der Waals surface area (Å²) in [7, 11) is 0. The van der Waals surface area contributed by atoms with Crippen molar-refractivity contribution < 1.29 is 4.74 Å². The van der Waals surface area contributed by atoms with E-state index in [1.807, 2.05) is 73.7 Å². The van der Waals surface area contributed by atoms with Crippen LogP contribution in [0.4, 0.5) is 11.5 Å². The number of aromatic nitrogens is 2. The van der Waals surface area contributed by atoms with E-state index in [0.717, 1.165) is 42.2 Å². The van der Waals surface area contributed by atoms with Crippen molar-refractivity contribution in [2.45, 2.75) is 19.8 Å². The van der Waals surface area contributed by atoms with E-state index in [9.17, 15) is 4.79 Å². The van der Waals surface area contributed by atoms with Gasteiger partial charge in [0.25, 0.3) is 0 Å². The van der Waals surface area contributed by atoms with Crippen molar-refractivity contribution in [2.75, 3.05) is 31.6 Å². The molecular formula is C27H28N4O2. The summed E-state index contributed by atoms with van der Waals surface area (Å²) in [6.45, 7) is 5.52. The van der Waals surface area contributed by atoms with Crippen LogP contribution in [-0.4, -0.2) is 40.7 Å². The van der Waals surface area contributed by atoms with Crippen LogP contribution in [0.2, 0.25) is 0 Å². The van der Waals surface area contributed by atoms with Crippen LogP contribution in [0.15, 0.2) is 77.6 Å². The number of ether oxygens (including phenoxy) is 1. The molecule has 0 unspecified atom stereocenters. The summed E-state index contributed by atoms with van der Waals surface area (Å²) in [6.07, 6.45) is 2.48. The molecule has 2 aromatic heterocycles. The first-order valence-electron chi connectivity index (χ1n) is 11.5. The third-order valence-electron chi connectivity index (χ3n) is 6.00. The van der Waals surface area contributed by atoms with Crippen molar-refractivity contribution in [3.63, 3.8) is 0 Å². The summed E-state index contributed by atoms with van der Waals surface area (Å²) < 4.78 is 8.17. The lowest BCUT2D eigenvalue weighted by atomic mass is 10.2. The smallest absolute Gasteiger partial charge is 0.227 e. The highest BCUT2D eigenvalue weighted by molar-refractivity contribution is 5.88. The molecule has 2 aromatic carbocycles. The van der Waals surface area contributed by atoms with Gasteiger partial charge in [-0.2, -0.15) is 0 Å². The quantitative estimate of drug-likeness (QED) is 0.442. The molecule has 6 heteroatoms. The number of likely N-dealkylation sites (tertiary alicyclic amines) is 1. The molecule has 0 aliphatic carbocycles. The van der Waals surface area contributed by atoms with Crippen molar-refractivity contribution >= 4 is 22.4 Å². The average molecular weight is 441 g/mol. The second kappa shape index (κ2) is 9.46. The molecule has 6 nitrogen and oxygen atoms in total. The van der Waals surface area contributed by atoms with Gasteiger partial charge in [0.1, 0.15) is 17.8 Å². The number of pyridine rings is 2. The van der Waals surface area contributed by atoms with Gasteiger partial charge in [0, 0.05) is 29.7 Å². The number of hydrogen-bond acceptors (Lipinski definition) is 5. The highest BCUT2D eigenvalue weighted by atomic mass is 16.5. The Morgan fingerprint density at radius 3 is 2.39 bits per heavy atom. The maximum atomic E-state index is 13.3. The zero-order chi connectivity index (χ0) is 22.6. The molecule has 1 N–H and O–H groups in total. The lowest BCUT2D eigenvalue weighted by Crippen LogP contribution is -2.25. The number of rotatable bonds is 7. The lowest BCUT2D eigenvalue weighted by molar-refractivity contribution is 0.233. The zero-order valence-electron chi connectivity index (χ0n) is 18.8. The predicted molar refractivity (Wildman–Crippen MR) is 133 cm³/mol. The number of fused-ring (bicyclic) bond motifs is 1. The van der Waals surface area contributed by atoms with Crippen molar-refractivity contribution in [2.24, 2.45) is 0 Å². The molecule has 3 heterocycles. The molecule has 0 radical (unpaired) electrons. The van der Waals surface area contributed by atoms with E-state index in [1.54, 1.807) is 6.07 Å². The Morgan fingerprint density at radius 1 is 0.970 bits per heavy atom. The van der Waals surface area contributed by atoms with Crippen LogP contribution in [-0.2, 0) is 0 Å². The maximum Gasteiger partial charge on any atom is 0.227 e. The van der Waals surface area contributed by atoms with E-state index in [2.05, 4.69) is 19.8 Å². The first-order valence-corrected chi connectivity index (χ1v) is 11.5. The van der Waals surface area contributed by atoms with E-state index < -0.39 is 0 Å². The van der Waals surface area contributed by atoms with Crippen LogP contribution in [0.25, 0.3) is 16.6 Å². The fourth-order valence-corrected chi connectivity index (χ4v) is 4.43. The van der Waals surface area contributed by atoms with E-state index in [4.69, 9.17) is 4.74 Å². The van der Waals surface area contributed by atoms with Gasteiger partial charge >= 0.3 is 0 Å². The molecule has 4 aromatic rings. The number of benzene rings is 2. The molecule has 1 saturated heterocycles. The maximum absolute atomic E-state index is 13.3. The van der Waals surface area contributed by atoms with Crippen molar-refractivity contribution in [1.82, 2.24) is 14.5 Å². The van der Waals surface area contributed by atoms with Crippen LogP contribution in [0.1, 0.15) is 18.5 Å². The molecule has 0 saturated carbocycles. The Bertz CT molecular complexity index is 1300. The summed E-state index contributed by atoms with van der Waals surface area (Å²) >= 11 is 0. The van der Waals surface area contributed by atoms with E-state index >= 15 is 0 Å². The molecule has 0 bridgehead atoms. The van der Waals surface area contributed by atoms with Gasteiger partial charge < -0.3 is 10.1 Å². The summed E-state index contributed by atoms with van der Waals surface area (Å²) in [4.78, 5) is 20.3. The molecule has 0 spiro atoms. The average Bonchev–Trinajstić information content (AvgIpc) is 3.33. The van der Waals surface area contributed by atoms with Gasteiger partial charge in [-0.05, 0) is 63.2 Å². The van der Waals surface area contributed by atoms with Gasteiger partial charge in [-0.1, -0.05) is 36.4 Å². The number of nitrogens with zero attached hydrogens (tertiary/aromatic N) is 3. The second-order valence-corrected chi connectivity index (χ2v) is 8.42. The highest BCUT2D eigenvalue weighted by Gasteiger charge is 2.18. The zero-order valence-corrected chi connectivity index (χ0v) is 18.8. The van der Waals surface area contributed by atoms with Gasteiger partial charge in [-0.3, -0.25) is 14.3 Å². The minimum Gasteiger partial charge on any atom is -0.476 e. The Kier molecular flexibility index (Phi) is 6.09. The molecule has 0 atom stereocenters. The fourth-order valence-electron chi connectivity index (χ4n) is 4.43. The molecular weight excluding hydrogens is 412 g/mol. The molecule has 1 aliphatic rings. The predicted octanol–water partition coefficient (Wildman–Crippen LogP) is 4.91. The summed E-state index contributed by atoms with van der Waals surface area (Å²) in [5.41, 5.74) is 3.33. The summed E-state index contributed by atoms with van der Waals surface area (Å²) in [5, 5.41) is 3.92. The third-order valence-corrected chi connectivity index (χ3v) is 6.00. The molecule has 168 valence electrons. The third kappa shape index (κ3) is 4.61. The van der Waals surface area contributed by atoms with Gasteiger partial charge in [0.15, 0.2) is 5.43 Å². The molecule has 0 amide bonds. The number of anilines is 2. The van der Waals surface area contributed by atoms with E-state index in [1.165, 1.54) is 12.8 Å². The van der Waals surface area contributed by atoms with Crippen molar-refractivity contribution in [1.29, 1.82) is 0 Å². The first-order chi connectivity index (χ1) is 16.2. The topological polar surface area (TPSA) is 59.4 Å². The van der Waals surface area contributed by atoms with E-state index in [0.29, 0.717) is 23.7 Å². The normalized spacial score (nSPS) is 14.0. The van der Waals surface area contributed by atoms with Gasteiger partial charge in [-0.25, -0.2) is 4.98 Å². The van der Waals surface area contributed by atoms with Crippen LogP contribution >= 0.6 is 0 Å². The van der Waals surface area contributed by atoms with Gasteiger partial charge in [-0.15, -0.1) is 0 Å². The lowest BCUT2D eigenvalue weighted by Gasteiger charge is -2.20. The number of para-hydroxylation sites is 2. The SMILES string of the molecule is Cc1cc2c(c(OCCN3CCCC3)n1)c(=O)cc(Nc1ccccc1)n2-c1ccccc1. The van der Waals surface area contributed by atoms with Crippen LogP contribution in [0, 0.1) is 6.92 Å². The number of hydrogen-bond donors (Lipinski definition) is 1. The monoisotopic (exact) mass is 440 g/mol. The Morgan fingerprint density at radius 2 is 1.67 bits per heavy atom. The summed E-state index contributed by atoms with van der Waals surface area (Å²) in [5.74, 6) is 1.10. The van der Waals surface area contributed by atoms with E-state index in [-0.39, 0.29) is 5.43 Å². The minimum atomic E-state index is -0.112. The number of nitrogens with one attached hydrogen (secondary N) is 1. The fraction of sp³-hybridized carbons (Fsp3) is 0.259. The van der Waals surface area contributed by atoms with Crippen molar-refractivity contribution in [3.8, 4) is 11.6 Å². The Balaban J connectivity index is 1.62. The van der Waals surface area contributed by atoms with Crippen molar-refractivity contribution in [3.05, 3.63) is 88.7 Å². The van der Waals surface area contributed by atoms with Crippen LogP contribution in [0.5, 0.6) is 5.88 Å². The Hall–Kier alpha value is -3.64. The Labute approximate surface area is 193 Å². The van der Waals surface area contributed by atoms with Crippen LogP contribution in [0.3, 0.4) is 0 Å².